The Labute approximate surface area is 160 Å². The van der Waals surface area contributed by atoms with Crippen LogP contribution in [0, 0.1) is 6.42 Å². The van der Waals surface area contributed by atoms with E-state index in [0.717, 1.165) is 0 Å². The molecule has 1 rings (SSSR count). The third-order valence-electron chi connectivity index (χ3n) is 6.07. The van der Waals surface area contributed by atoms with Crippen molar-refractivity contribution in [2.24, 2.45) is 0 Å². The summed E-state index contributed by atoms with van der Waals surface area (Å²) in [7, 11) is 0. The van der Waals surface area contributed by atoms with Gasteiger partial charge in [0.2, 0.25) is 0 Å². The highest BCUT2D eigenvalue weighted by molar-refractivity contribution is 4.64. The van der Waals surface area contributed by atoms with Crippen LogP contribution in [0.1, 0.15) is 154 Å². The Bertz CT molecular complexity index is 116. The molecule has 0 atom stereocenters. The predicted molar refractivity (Wildman–Crippen MR) is 115 cm³/mol. The fraction of sp³-hybridized carbons (Fsp3) is 0.960. The SMILES string of the molecule is [CH]1CCCCCCCCCCCCCCCCCCCCCCCC1. The minimum Gasteiger partial charge on any atom is -0.0533 e. The summed E-state index contributed by atoms with van der Waals surface area (Å²) in [5.41, 5.74) is 0. The molecule has 1 fully saturated rings. The first-order valence-electron chi connectivity index (χ1n) is 12.3. The molecule has 0 heteroatoms. The Balaban J connectivity index is 2.00. The molecule has 0 bridgehead atoms. The van der Waals surface area contributed by atoms with Crippen LogP contribution in [0.5, 0.6) is 0 Å². The molecule has 1 radical (unpaired) electrons. The molecular weight excluding hydrogens is 300 g/mol. The van der Waals surface area contributed by atoms with E-state index in [9.17, 15) is 0 Å². The molecule has 1 saturated carbocycles. The third-order valence-corrected chi connectivity index (χ3v) is 6.07. The van der Waals surface area contributed by atoms with Gasteiger partial charge in [-0.15, -0.1) is 0 Å². The van der Waals surface area contributed by atoms with Gasteiger partial charge in [0.1, 0.15) is 0 Å². The molecule has 1 aliphatic rings. The number of hydrogen-bond acceptors (Lipinski definition) is 0. The van der Waals surface area contributed by atoms with Crippen molar-refractivity contribution in [1.29, 1.82) is 0 Å². The van der Waals surface area contributed by atoms with Crippen molar-refractivity contribution in [3.05, 3.63) is 6.42 Å². The highest BCUT2D eigenvalue weighted by Gasteiger charge is 1.97. The molecule has 0 nitrogen and oxygen atoms in total. The quantitative estimate of drug-likeness (QED) is 0.408. The van der Waals surface area contributed by atoms with E-state index in [1.54, 1.807) is 0 Å². The van der Waals surface area contributed by atoms with E-state index < -0.39 is 0 Å². The van der Waals surface area contributed by atoms with Gasteiger partial charge >= 0.3 is 0 Å². The molecule has 0 amide bonds. The van der Waals surface area contributed by atoms with Gasteiger partial charge in [0, 0.05) is 0 Å². The topological polar surface area (TPSA) is 0 Å². The van der Waals surface area contributed by atoms with E-state index in [2.05, 4.69) is 6.42 Å². The van der Waals surface area contributed by atoms with E-state index in [1.807, 2.05) is 0 Å². The summed E-state index contributed by atoms with van der Waals surface area (Å²) in [6.45, 7) is 0. The fourth-order valence-corrected chi connectivity index (χ4v) is 4.26. The monoisotopic (exact) mass is 349 g/mol. The van der Waals surface area contributed by atoms with E-state index in [0.29, 0.717) is 0 Å². The van der Waals surface area contributed by atoms with Crippen LogP contribution in [0.15, 0.2) is 0 Å². The molecule has 0 aromatic heterocycles. The van der Waals surface area contributed by atoms with Gasteiger partial charge in [0.05, 0.1) is 0 Å². The van der Waals surface area contributed by atoms with Crippen molar-refractivity contribution >= 4 is 0 Å². The molecule has 149 valence electrons. The first-order valence-corrected chi connectivity index (χ1v) is 12.3. The molecule has 0 aromatic carbocycles. The van der Waals surface area contributed by atoms with Gasteiger partial charge in [0.15, 0.2) is 0 Å². The minimum atomic E-state index is 1.38. The van der Waals surface area contributed by atoms with E-state index in [1.165, 1.54) is 154 Å². The number of hydrogen-bond donors (Lipinski definition) is 0. The lowest BCUT2D eigenvalue weighted by molar-refractivity contribution is 0.520. The Morgan fingerprint density at radius 3 is 0.560 bits per heavy atom. The summed E-state index contributed by atoms with van der Waals surface area (Å²) in [6, 6.07) is 0. The molecule has 0 N–H and O–H groups in total. The second-order valence-electron chi connectivity index (χ2n) is 8.64. The largest absolute Gasteiger partial charge is 0.0533 e. The molecule has 0 heterocycles. The summed E-state index contributed by atoms with van der Waals surface area (Å²) in [5, 5.41) is 0. The van der Waals surface area contributed by atoms with Crippen LogP contribution in [0.25, 0.3) is 0 Å². The molecule has 0 unspecified atom stereocenters. The lowest BCUT2D eigenvalue weighted by atomic mass is 10.0. The Morgan fingerprint density at radius 2 is 0.360 bits per heavy atom. The van der Waals surface area contributed by atoms with Gasteiger partial charge in [-0.1, -0.05) is 154 Å². The van der Waals surface area contributed by atoms with E-state index >= 15 is 0 Å². The van der Waals surface area contributed by atoms with Crippen molar-refractivity contribution in [2.45, 2.75) is 154 Å². The Kier molecular flexibility index (Phi) is 18.7. The molecule has 0 saturated heterocycles. The maximum absolute atomic E-state index is 2.57. The van der Waals surface area contributed by atoms with Gasteiger partial charge in [-0.05, 0) is 6.42 Å². The average Bonchev–Trinajstić information content (AvgIpc) is 2.62. The second kappa shape index (κ2) is 20.3. The maximum atomic E-state index is 2.57. The zero-order valence-electron chi connectivity index (χ0n) is 17.5. The van der Waals surface area contributed by atoms with Crippen molar-refractivity contribution in [3.63, 3.8) is 0 Å². The molecule has 25 heavy (non-hydrogen) atoms. The van der Waals surface area contributed by atoms with Crippen molar-refractivity contribution in [3.8, 4) is 0 Å². The van der Waals surface area contributed by atoms with Gasteiger partial charge in [-0.25, -0.2) is 0 Å². The van der Waals surface area contributed by atoms with Crippen LogP contribution in [0.3, 0.4) is 0 Å². The van der Waals surface area contributed by atoms with Gasteiger partial charge in [-0.3, -0.25) is 0 Å². The summed E-state index contributed by atoms with van der Waals surface area (Å²) in [6.07, 6.45) is 38.0. The lowest BCUT2D eigenvalue weighted by Gasteiger charge is -2.04. The third kappa shape index (κ3) is 18.6. The summed E-state index contributed by atoms with van der Waals surface area (Å²) in [4.78, 5) is 0. The lowest BCUT2D eigenvalue weighted by Crippen LogP contribution is -1.84. The van der Waals surface area contributed by atoms with Gasteiger partial charge in [0.25, 0.3) is 0 Å². The molecule has 1 aliphatic carbocycles. The molecule has 0 aliphatic heterocycles. The van der Waals surface area contributed by atoms with E-state index in [4.69, 9.17) is 0 Å². The first kappa shape index (κ1) is 23.0. The van der Waals surface area contributed by atoms with Crippen LogP contribution in [0.4, 0.5) is 0 Å². The Morgan fingerprint density at radius 1 is 0.200 bits per heavy atom. The fourth-order valence-electron chi connectivity index (χ4n) is 4.26. The normalized spacial score (nSPS) is 24.0. The predicted octanol–water partition coefficient (Wildman–Crippen LogP) is 9.57. The summed E-state index contributed by atoms with van der Waals surface area (Å²) in [5.74, 6) is 0. The van der Waals surface area contributed by atoms with E-state index in [-0.39, 0.29) is 0 Å². The summed E-state index contributed by atoms with van der Waals surface area (Å²) < 4.78 is 0. The molecule has 0 aromatic rings. The summed E-state index contributed by atoms with van der Waals surface area (Å²) >= 11 is 0. The molecular formula is C25H49. The standard InChI is InChI=1S/C25H49/c1-2-4-6-8-10-12-14-16-18-20-22-24-25-23-21-19-17-15-13-11-9-7-5-3-1/h1H,2-25H2. The highest BCUT2D eigenvalue weighted by Crippen LogP contribution is 2.16. The number of rotatable bonds is 0. The van der Waals surface area contributed by atoms with Crippen LogP contribution < -0.4 is 0 Å². The van der Waals surface area contributed by atoms with Crippen LogP contribution in [0.2, 0.25) is 0 Å². The Hall–Kier alpha value is 0. The molecule has 0 spiro atoms. The highest BCUT2D eigenvalue weighted by atomic mass is 14.0. The maximum Gasteiger partial charge on any atom is -0.0386 e. The minimum absolute atomic E-state index is 1.38. The van der Waals surface area contributed by atoms with Crippen LogP contribution in [-0.4, -0.2) is 0 Å². The van der Waals surface area contributed by atoms with Gasteiger partial charge in [-0.2, -0.15) is 0 Å². The van der Waals surface area contributed by atoms with Crippen molar-refractivity contribution in [1.82, 2.24) is 0 Å². The zero-order chi connectivity index (χ0) is 17.7. The van der Waals surface area contributed by atoms with Crippen molar-refractivity contribution < 1.29 is 0 Å². The van der Waals surface area contributed by atoms with Gasteiger partial charge < -0.3 is 0 Å². The second-order valence-corrected chi connectivity index (χ2v) is 8.64. The zero-order valence-corrected chi connectivity index (χ0v) is 17.5. The smallest absolute Gasteiger partial charge is 0.0386 e. The van der Waals surface area contributed by atoms with Crippen LogP contribution >= 0.6 is 0 Å². The van der Waals surface area contributed by atoms with Crippen molar-refractivity contribution in [2.75, 3.05) is 0 Å². The average molecular weight is 350 g/mol. The first-order chi connectivity index (χ1) is 12.5. The van der Waals surface area contributed by atoms with Crippen LogP contribution in [-0.2, 0) is 0 Å².